The smallest absolute Gasteiger partial charge is 0.125 e. The summed E-state index contributed by atoms with van der Waals surface area (Å²) in [5, 5.41) is 7.35. The Morgan fingerprint density at radius 2 is 2.25 bits per heavy atom. The molecule has 2 aromatic heterocycles. The van der Waals surface area contributed by atoms with E-state index in [9.17, 15) is 0 Å². The van der Waals surface area contributed by atoms with Gasteiger partial charge in [0.15, 0.2) is 0 Å². The van der Waals surface area contributed by atoms with Gasteiger partial charge in [-0.25, -0.2) is 9.97 Å². The summed E-state index contributed by atoms with van der Waals surface area (Å²) < 4.78 is 0. The normalized spacial score (nSPS) is 20.2. The zero-order valence-electron chi connectivity index (χ0n) is 12.1. The molecule has 5 nitrogen and oxygen atoms in total. The third kappa shape index (κ3) is 2.72. The zero-order valence-corrected chi connectivity index (χ0v) is 12.1. The van der Waals surface area contributed by atoms with Crippen molar-refractivity contribution in [3.63, 3.8) is 0 Å². The number of nitrogens with zero attached hydrogens (tertiary/aromatic N) is 4. The Bertz CT molecular complexity index is 577. The van der Waals surface area contributed by atoms with E-state index in [-0.39, 0.29) is 0 Å². The number of H-pyrrole nitrogens is 1. The number of likely N-dealkylation sites (tertiary alicyclic amines) is 1. The summed E-state index contributed by atoms with van der Waals surface area (Å²) in [4.78, 5) is 11.2. The summed E-state index contributed by atoms with van der Waals surface area (Å²) in [6.07, 6.45) is 7.48. The molecule has 5 heteroatoms. The van der Waals surface area contributed by atoms with Crippen molar-refractivity contribution in [2.45, 2.75) is 45.7 Å². The minimum Gasteiger partial charge on any atom is -0.289 e. The first-order valence-electron chi connectivity index (χ1n) is 7.26. The van der Waals surface area contributed by atoms with Crippen LogP contribution in [0.15, 0.2) is 18.5 Å². The van der Waals surface area contributed by atoms with Gasteiger partial charge in [-0.2, -0.15) is 5.10 Å². The molecule has 0 radical (unpaired) electrons. The fourth-order valence-corrected chi connectivity index (χ4v) is 3.00. The molecule has 0 saturated carbocycles. The van der Waals surface area contributed by atoms with E-state index in [1.807, 2.05) is 25.4 Å². The van der Waals surface area contributed by atoms with Crippen LogP contribution in [-0.4, -0.2) is 31.6 Å². The first-order valence-corrected chi connectivity index (χ1v) is 7.26. The van der Waals surface area contributed by atoms with E-state index in [2.05, 4.69) is 32.0 Å². The number of aryl methyl sites for hydroxylation is 2. The molecule has 1 fully saturated rings. The number of aromatic nitrogens is 4. The topological polar surface area (TPSA) is 57.7 Å². The maximum atomic E-state index is 4.53. The lowest BCUT2D eigenvalue weighted by atomic mass is 9.97. The van der Waals surface area contributed by atoms with Gasteiger partial charge in [0.25, 0.3) is 0 Å². The van der Waals surface area contributed by atoms with Crippen molar-refractivity contribution in [2.24, 2.45) is 0 Å². The van der Waals surface area contributed by atoms with Gasteiger partial charge < -0.3 is 0 Å². The van der Waals surface area contributed by atoms with E-state index >= 15 is 0 Å². The van der Waals surface area contributed by atoms with Crippen molar-refractivity contribution in [1.82, 2.24) is 25.1 Å². The zero-order chi connectivity index (χ0) is 13.9. The maximum Gasteiger partial charge on any atom is 0.125 e. The number of nitrogens with one attached hydrogen (secondary N) is 1. The van der Waals surface area contributed by atoms with Crippen molar-refractivity contribution in [3.8, 4) is 0 Å². The third-order valence-electron chi connectivity index (χ3n) is 4.01. The second kappa shape index (κ2) is 5.71. The predicted octanol–water partition coefficient (Wildman–Crippen LogP) is 2.54. The number of hydrogen-bond donors (Lipinski definition) is 1. The maximum absolute atomic E-state index is 4.53. The minimum absolute atomic E-state index is 0.432. The summed E-state index contributed by atoms with van der Waals surface area (Å²) in [5.41, 5.74) is 3.61. The largest absolute Gasteiger partial charge is 0.289 e. The van der Waals surface area contributed by atoms with Crippen LogP contribution < -0.4 is 0 Å². The van der Waals surface area contributed by atoms with Crippen molar-refractivity contribution in [2.75, 3.05) is 6.54 Å². The van der Waals surface area contributed by atoms with E-state index in [0.29, 0.717) is 6.04 Å². The molecule has 3 heterocycles. The average Bonchev–Trinajstić information content (AvgIpc) is 2.86. The molecule has 1 aliphatic heterocycles. The second-order valence-corrected chi connectivity index (χ2v) is 5.54. The fourth-order valence-electron chi connectivity index (χ4n) is 3.00. The van der Waals surface area contributed by atoms with Crippen molar-refractivity contribution in [3.05, 3.63) is 41.2 Å². The van der Waals surface area contributed by atoms with Gasteiger partial charge in [-0.05, 0) is 44.9 Å². The van der Waals surface area contributed by atoms with E-state index in [1.54, 1.807) is 0 Å². The first kappa shape index (κ1) is 13.2. The highest BCUT2D eigenvalue weighted by Gasteiger charge is 2.26. The lowest BCUT2D eigenvalue weighted by molar-refractivity contribution is 0.135. The lowest BCUT2D eigenvalue weighted by Gasteiger charge is -2.35. The van der Waals surface area contributed by atoms with E-state index in [1.165, 1.54) is 30.5 Å². The van der Waals surface area contributed by atoms with Crippen LogP contribution in [0.1, 0.15) is 48.1 Å². The highest BCUT2D eigenvalue weighted by atomic mass is 15.2. The molecule has 20 heavy (non-hydrogen) atoms. The fraction of sp³-hybridized carbons (Fsp3) is 0.533. The SMILES string of the molecule is Cc1nccc(CN2CCCCC2c2[nH]ncc2C)n1. The van der Waals surface area contributed by atoms with Crippen LogP contribution in [0.4, 0.5) is 0 Å². The molecule has 2 aromatic rings. The van der Waals surface area contributed by atoms with Crippen LogP contribution in [0.5, 0.6) is 0 Å². The van der Waals surface area contributed by atoms with Gasteiger partial charge in [0.2, 0.25) is 0 Å². The monoisotopic (exact) mass is 271 g/mol. The molecule has 1 N–H and O–H groups in total. The molecule has 1 atom stereocenters. The van der Waals surface area contributed by atoms with Gasteiger partial charge >= 0.3 is 0 Å². The molecule has 0 amide bonds. The molecule has 0 bridgehead atoms. The van der Waals surface area contributed by atoms with Crippen molar-refractivity contribution >= 4 is 0 Å². The van der Waals surface area contributed by atoms with Crippen LogP contribution in [-0.2, 0) is 6.54 Å². The number of rotatable bonds is 3. The summed E-state index contributed by atoms with van der Waals surface area (Å²) in [5.74, 6) is 0.841. The number of piperidine rings is 1. The average molecular weight is 271 g/mol. The second-order valence-electron chi connectivity index (χ2n) is 5.54. The van der Waals surface area contributed by atoms with Crippen LogP contribution in [0.25, 0.3) is 0 Å². The third-order valence-corrected chi connectivity index (χ3v) is 4.01. The van der Waals surface area contributed by atoms with E-state index in [0.717, 1.165) is 24.6 Å². The summed E-state index contributed by atoms with van der Waals surface area (Å²) in [6, 6.07) is 2.44. The minimum atomic E-state index is 0.432. The summed E-state index contributed by atoms with van der Waals surface area (Å²) in [6.45, 7) is 6.06. The van der Waals surface area contributed by atoms with Gasteiger partial charge in [0.1, 0.15) is 5.82 Å². The standard InChI is InChI=1S/C15H21N5/c1-11-9-17-19-15(11)14-5-3-4-8-20(14)10-13-6-7-16-12(2)18-13/h6-7,9,14H,3-5,8,10H2,1-2H3,(H,17,19). The molecule has 1 unspecified atom stereocenters. The van der Waals surface area contributed by atoms with Crippen molar-refractivity contribution < 1.29 is 0 Å². The highest BCUT2D eigenvalue weighted by Crippen LogP contribution is 2.32. The van der Waals surface area contributed by atoms with Crippen molar-refractivity contribution in [1.29, 1.82) is 0 Å². The summed E-state index contributed by atoms with van der Waals surface area (Å²) >= 11 is 0. The van der Waals surface area contributed by atoms with Crippen LogP contribution >= 0.6 is 0 Å². The van der Waals surface area contributed by atoms with Crippen LogP contribution in [0.3, 0.4) is 0 Å². The van der Waals surface area contributed by atoms with E-state index < -0.39 is 0 Å². The summed E-state index contributed by atoms with van der Waals surface area (Å²) in [7, 11) is 0. The van der Waals surface area contributed by atoms with Gasteiger partial charge in [0, 0.05) is 12.7 Å². The Balaban J connectivity index is 1.81. The predicted molar refractivity (Wildman–Crippen MR) is 77.1 cm³/mol. The molecule has 1 aliphatic rings. The van der Waals surface area contributed by atoms with Crippen LogP contribution in [0, 0.1) is 13.8 Å². The first-order chi connectivity index (χ1) is 9.74. The molecule has 0 aromatic carbocycles. The molecule has 3 rings (SSSR count). The molecular formula is C15H21N5. The molecule has 0 aliphatic carbocycles. The number of aromatic amines is 1. The highest BCUT2D eigenvalue weighted by molar-refractivity contribution is 5.19. The van der Waals surface area contributed by atoms with E-state index in [4.69, 9.17) is 0 Å². The van der Waals surface area contributed by atoms with Gasteiger partial charge in [0.05, 0.1) is 23.6 Å². The molecule has 106 valence electrons. The Labute approximate surface area is 119 Å². The number of hydrogen-bond acceptors (Lipinski definition) is 4. The molecule has 1 saturated heterocycles. The van der Waals surface area contributed by atoms with Gasteiger partial charge in [-0.3, -0.25) is 10.00 Å². The van der Waals surface area contributed by atoms with Crippen LogP contribution in [0.2, 0.25) is 0 Å². The van der Waals surface area contributed by atoms with Gasteiger partial charge in [-0.15, -0.1) is 0 Å². The lowest BCUT2D eigenvalue weighted by Crippen LogP contribution is -2.33. The Hall–Kier alpha value is -1.75. The quantitative estimate of drug-likeness (QED) is 0.932. The van der Waals surface area contributed by atoms with Gasteiger partial charge in [-0.1, -0.05) is 6.42 Å². The molecular weight excluding hydrogens is 250 g/mol. The Morgan fingerprint density at radius 1 is 1.35 bits per heavy atom. The Kier molecular flexibility index (Phi) is 3.78. The molecule has 0 spiro atoms. The Morgan fingerprint density at radius 3 is 3.00 bits per heavy atom.